The lowest BCUT2D eigenvalue weighted by atomic mass is 10.0. The van der Waals surface area contributed by atoms with Gasteiger partial charge in [-0.2, -0.15) is 0 Å². The van der Waals surface area contributed by atoms with Gasteiger partial charge in [-0.3, -0.25) is 13.9 Å². The predicted octanol–water partition coefficient (Wildman–Crippen LogP) is 4.60. The zero-order valence-corrected chi connectivity index (χ0v) is 23.7. The Morgan fingerprint density at radius 3 is 2.23 bits per heavy atom. The van der Waals surface area contributed by atoms with E-state index < -0.39 is 34.3 Å². The molecule has 1 atom stereocenters. The van der Waals surface area contributed by atoms with E-state index in [1.165, 1.54) is 17.0 Å². The van der Waals surface area contributed by atoms with Crippen molar-refractivity contribution in [3.05, 3.63) is 101 Å². The Hall–Kier alpha value is -3.72. The van der Waals surface area contributed by atoms with E-state index in [1.54, 1.807) is 0 Å². The number of hydrogen-bond acceptors (Lipinski definition) is 4. The Balaban J connectivity index is 1.72. The topological polar surface area (TPSA) is 86.8 Å². The van der Waals surface area contributed by atoms with Gasteiger partial charge in [0.25, 0.3) is 0 Å². The minimum absolute atomic E-state index is 0.0495. The van der Waals surface area contributed by atoms with E-state index in [9.17, 15) is 22.4 Å². The van der Waals surface area contributed by atoms with Crippen LogP contribution in [-0.2, 0) is 32.6 Å². The molecule has 0 aromatic heterocycles. The van der Waals surface area contributed by atoms with Gasteiger partial charge in [0, 0.05) is 19.0 Å². The van der Waals surface area contributed by atoms with Crippen molar-refractivity contribution < 1.29 is 22.4 Å². The van der Waals surface area contributed by atoms with Crippen LogP contribution in [0.1, 0.15) is 42.4 Å². The number of carbonyl (C=O) groups is 2. The summed E-state index contributed by atoms with van der Waals surface area (Å²) in [5.74, 6) is -1.31. The zero-order valence-electron chi connectivity index (χ0n) is 22.9. The highest BCUT2D eigenvalue weighted by Crippen LogP contribution is 2.22. The highest BCUT2D eigenvalue weighted by molar-refractivity contribution is 7.92. The summed E-state index contributed by atoms with van der Waals surface area (Å²) in [7, 11) is -3.90. The Labute approximate surface area is 236 Å². The lowest BCUT2D eigenvalue weighted by Crippen LogP contribution is -2.54. The molecule has 0 saturated heterocycles. The standard InChI is InChI=1S/C31H36FN3O4S/c1-23-9-8-12-25(19-23)21-34(30(36)22-35(40(2,38)39)28-17-15-26(32)16-18-28)29(20-24-10-4-3-5-11-24)31(37)33-27-13-6-7-14-27/h3-5,8-12,15-19,27,29H,6-7,13-14,20-22H2,1-2H3,(H,33,37)/t29-/m0/s1. The fourth-order valence-corrected chi connectivity index (χ4v) is 6.00. The minimum Gasteiger partial charge on any atom is -0.352 e. The average molecular weight is 566 g/mol. The Morgan fingerprint density at radius 1 is 0.950 bits per heavy atom. The molecule has 0 heterocycles. The predicted molar refractivity (Wildman–Crippen MR) is 155 cm³/mol. The van der Waals surface area contributed by atoms with E-state index in [1.807, 2.05) is 61.5 Å². The van der Waals surface area contributed by atoms with Crippen molar-refractivity contribution in [1.82, 2.24) is 10.2 Å². The van der Waals surface area contributed by atoms with E-state index in [-0.39, 0.29) is 30.6 Å². The number of aryl methyl sites for hydroxylation is 1. The number of rotatable bonds is 11. The van der Waals surface area contributed by atoms with Crippen molar-refractivity contribution in [3.8, 4) is 0 Å². The summed E-state index contributed by atoms with van der Waals surface area (Å²) >= 11 is 0. The number of amides is 2. The average Bonchev–Trinajstić information content (AvgIpc) is 3.43. The molecule has 3 aromatic carbocycles. The molecule has 0 spiro atoms. The monoisotopic (exact) mass is 565 g/mol. The smallest absolute Gasteiger partial charge is 0.244 e. The third kappa shape index (κ3) is 7.91. The van der Waals surface area contributed by atoms with Crippen molar-refractivity contribution in [2.75, 3.05) is 17.1 Å². The lowest BCUT2D eigenvalue weighted by Gasteiger charge is -2.34. The maximum absolute atomic E-state index is 14.1. The summed E-state index contributed by atoms with van der Waals surface area (Å²) in [6.07, 6.45) is 5.14. The van der Waals surface area contributed by atoms with Gasteiger partial charge in [-0.1, -0.05) is 73.0 Å². The first-order valence-electron chi connectivity index (χ1n) is 13.5. The molecule has 0 aliphatic heterocycles. The Kier molecular flexibility index (Phi) is 9.58. The van der Waals surface area contributed by atoms with Crippen LogP contribution in [0.2, 0.25) is 0 Å². The van der Waals surface area contributed by atoms with Gasteiger partial charge in [0.1, 0.15) is 18.4 Å². The number of benzene rings is 3. The van der Waals surface area contributed by atoms with Gasteiger partial charge < -0.3 is 10.2 Å². The summed E-state index contributed by atoms with van der Waals surface area (Å²) in [4.78, 5) is 29.4. The fraction of sp³-hybridized carbons (Fsp3) is 0.355. The highest BCUT2D eigenvalue weighted by Gasteiger charge is 2.34. The molecule has 1 fully saturated rings. The maximum atomic E-state index is 14.1. The van der Waals surface area contributed by atoms with Crippen molar-refractivity contribution in [2.24, 2.45) is 0 Å². The molecule has 7 nitrogen and oxygen atoms in total. The number of halogens is 1. The molecule has 1 aliphatic rings. The van der Waals surface area contributed by atoms with Crippen LogP contribution in [0.5, 0.6) is 0 Å². The summed E-state index contributed by atoms with van der Waals surface area (Å²) < 4.78 is 40.1. The van der Waals surface area contributed by atoms with E-state index in [2.05, 4.69) is 5.32 Å². The fourth-order valence-electron chi connectivity index (χ4n) is 5.15. The molecule has 1 saturated carbocycles. The molecular weight excluding hydrogens is 529 g/mol. The molecule has 0 radical (unpaired) electrons. The first-order chi connectivity index (χ1) is 19.1. The van der Waals surface area contributed by atoms with Gasteiger partial charge in [0.05, 0.1) is 11.9 Å². The van der Waals surface area contributed by atoms with Crippen LogP contribution in [0.4, 0.5) is 10.1 Å². The molecule has 212 valence electrons. The second-order valence-corrected chi connectivity index (χ2v) is 12.4. The second-order valence-electron chi connectivity index (χ2n) is 10.5. The van der Waals surface area contributed by atoms with E-state index >= 15 is 0 Å². The molecular formula is C31H36FN3O4S. The molecule has 40 heavy (non-hydrogen) atoms. The SMILES string of the molecule is Cc1cccc(CN(C(=O)CN(c2ccc(F)cc2)S(C)(=O)=O)[C@@H](Cc2ccccc2)C(=O)NC2CCCC2)c1. The molecule has 9 heteroatoms. The number of nitrogens with one attached hydrogen (secondary N) is 1. The molecule has 2 amide bonds. The van der Waals surface area contributed by atoms with Crippen molar-refractivity contribution in [1.29, 1.82) is 0 Å². The third-order valence-electron chi connectivity index (χ3n) is 7.20. The van der Waals surface area contributed by atoms with Gasteiger partial charge in [0.15, 0.2) is 0 Å². The van der Waals surface area contributed by atoms with Gasteiger partial charge in [0.2, 0.25) is 21.8 Å². The Bertz CT molecular complexity index is 1410. The first kappa shape index (κ1) is 29.3. The molecule has 1 aliphatic carbocycles. The summed E-state index contributed by atoms with van der Waals surface area (Å²) in [5, 5.41) is 3.15. The molecule has 4 rings (SSSR count). The van der Waals surface area contributed by atoms with Crippen LogP contribution < -0.4 is 9.62 Å². The maximum Gasteiger partial charge on any atom is 0.244 e. The van der Waals surface area contributed by atoms with Crippen molar-refractivity contribution in [3.63, 3.8) is 0 Å². The number of anilines is 1. The van der Waals surface area contributed by atoms with Crippen molar-refractivity contribution >= 4 is 27.5 Å². The van der Waals surface area contributed by atoms with E-state index in [0.29, 0.717) is 0 Å². The van der Waals surface area contributed by atoms with Gasteiger partial charge in [-0.05, 0) is 55.2 Å². The van der Waals surface area contributed by atoms with E-state index in [4.69, 9.17) is 0 Å². The van der Waals surface area contributed by atoms with Crippen LogP contribution in [0.25, 0.3) is 0 Å². The summed E-state index contributed by atoms with van der Waals surface area (Å²) in [6.45, 7) is 1.54. The van der Waals surface area contributed by atoms with Gasteiger partial charge in [-0.25, -0.2) is 12.8 Å². The van der Waals surface area contributed by atoms with Crippen LogP contribution >= 0.6 is 0 Å². The van der Waals surface area contributed by atoms with Crippen LogP contribution in [0.15, 0.2) is 78.9 Å². The second kappa shape index (κ2) is 13.1. The van der Waals surface area contributed by atoms with Gasteiger partial charge in [-0.15, -0.1) is 0 Å². The highest BCUT2D eigenvalue weighted by atomic mass is 32.2. The van der Waals surface area contributed by atoms with Crippen LogP contribution in [0, 0.1) is 12.7 Å². The normalized spacial score (nSPS) is 14.5. The Morgan fingerprint density at radius 2 is 1.60 bits per heavy atom. The van der Waals surface area contributed by atoms with Gasteiger partial charge >= 0.3 is 0 Å². The van der Waals surface area contributed by atoms with Crippen molar-refractivity contribution in [2.45, 2.75) is 57.7 Å². The van der Waals surface area contributed by atoms with Crippen LogP contribution in [-0.4, -0.2) is 50.0 Å². The van der Waals surface area contributed by atoms with E-state index in [0.717, 1.165) is 65.1 Å². The number of nitrogens with zero attached hydrogens (tertiary/aromatic N) is 2. The quantitative estimate of drug-likeness (QED) is 0.368. The number of hydrogen-bond donors (Lipinski definition) is 1. The zero-order chi connectivity index (χ0) is 28.7. The molecule has 0 unspecified atom stereocenters. The number of sulfonamides is 1. The lowest BCUT2D eigenvalue weighted by molar-refractivity contribution is -0.140. The molecule has 1 N–H and O–H groups in total. The minimum atomic E-state index is -3.90. The molecule has 0 bridgehead atoms. The third-order valence-corrected chi connectivity index (χ3v) is 8.34. The molecule has 3 aromatic rings. The first-order valence-corrected chi connectivity index (χ1v) is 15.4. The largest absolute Gasteiger partial charge is 0.352 e. The summed E-state index contributed by atoms with van der Waals surface area (Å²) in [6, 6.07) is 21.3. The number of carbonyl (C=O) groups excluding carboxylic acids is 2. The van der Waals surface area contributed by atoms with Crippen LogP contribution in [0.3, 0.4) is 0 Å². The summed E-state index contributed by atoms with van der Waals surface area (Å²) in [5.41, 5.74) is 2.88.